The van der Waals surface area contributed by atoms with Gasteiger partial charge in [0, 0.05) is 25.5 Å². The third-order valence-electron chi connectivity index (χ3n) is 4.23. The van der Waals surface area contributed by atoms with Gasteiger partial charge < -0.3 is 15.0 Å². The number of ether oxygens (including phenoxy) is 1. The Kier molecular flexibility index (Phi) is 2.40. The van der Waals surface area contributed by atoms with Gasteiger partial charge in [-0.3, -0.25) is 4.98 Å². The lowest BCUT2D eigenvalue weighted by Gasteiger charge is -2.33. The van der Waals surface area contributed by atoms with Crippen molar-refractivity contribution in [3.05, 3.63) is 24.3 Å². The maximum absolute atomic E-state index is 6.63. The molecule has 2 N–H and O–H groups in total. The van der Waals surface area contributed by atoms with Crippen molar-refractivity contribution >= 4 is 11.0 Å². The predicted octanol–water partition coefficient (Wildman–Crippen LogP) is 1.73. The van der Waals surface area contributed by atoms with E-state index in [1.54, 1.807) is 0 Å². The van der Waals surface area contributed by atoms with E-state index in [1.165, 1.54) is 18.4 Å². The molecule has 0 spiro atoms. The highest BCUT2D eigenvalue weighted by Crippen LogP contribution is 2.42. The average molecular weight is 258 g/mol. The van der Waals surface area contributed by atoms with Gasteiger partial charge in [0.05, 0.1) is 17.3 Å². The second-order valence-electron chi connectivity index (χ2n) is 5.67. The SMILES string of the molecule is NC1(c2nc3cnccc3n2C2CC2)CCOCC1. The zero-order valence-electron chi connectivity index (χ0n) is 10.9. The summed E-state index contributed by atoms with van der Waals surface area (Å²) < 4.78 is 7.80. The van der Waals surface area contributed by atoms with Gasteiger partial charge in [-0.05, 0) is 31.7 Å². The minimum absolute atomic E-state index is 0.347. The minimum Gasteiger partial charge on any atom is -0.381 e. The number of nitrogens with two attached hydrogens (primary N) is 1. The summed E-state index contributed by atoms with van der Waals surface area (Å²) in [5.41, 5.74) is 8.41. The van der Waals surface area contributed by atoms with Crippen LogP contribution in [0.1, 0.15) is 37.5 Å². The number of hydrogen-bond acceptors (Lipinski definition) is 4. The summed E-state index contributed by atoms with van der Waals surface area (Å²) in [6, 6.07) is 2.62. The van der Waals surface area contributed by atoms with Gasteiger partial charge in [-0.15, -0.1) is 0 Å². The van der Waals surface area contributed by atoms with Crippen LogP contribution in [0.4, 0.5) is 0 Å². The van der Waals surface area contributed by atoms with E-state index in [0.717, 1.165) is 37.4 Å². The summed E-state index contributed by atoms with van der Waals surface area (Å²) in [6.45, 7) is 1.45. The zero-order chi connectivity index (χ0) is 12.9. The van der Waals surface area contributed by atoms with Crippen molar-refractivity contribution in [3.63, 3.8) is 0 Å². The van der Waals surface area contributed by atoms with Crippen LogP contribution >= 0.6 is 0 Å². The summed E-state index contributed by atoms with van der Waals surface area (Å²) in [5.74, 6) is 1.03. The first-order valence-corrected chi connectivity index (χ1v) is 6.97. The number of aromatic nitrogens is 3. The van der Waals surface area contributed by atoms with E-state index in [0.29, 0.717) is 6.04 Å². The monoisotopic (exact) mass is 258 g/mol. The van der Waals surface area contributed by atoms with Crippen molar-refractivity contribution < 1.29 is 4.74 Å². The van der Waals surface area contributed by atoms with Gasteiger partial charge in [-0.1, -0.05) is 0 Å². The molecule has 1 saturated heterocycles. The molecular weight excluding hydrogens is 240 g/mol. The van der Waals surface area contributed by atoms with Crippen molar-refractivity contribution in [2.45, 2.75) is 37.3 Å². The Morgan fingerprint density at radius 3 is 2.84 bits per heavy atom. The molecular formula is C14H18N4O. The summed E-state index contributed by atoms with van der Waals surface area (Å²) >= 11 is 0. The van der Waals surface area contributed by atoms with Gasteiger partial charge in [0.2, 0.25) is 0 Å². The third kappa shape index (κ3) is 1.76. The summed E-state index contributed by atoms with van der Waals surface area (Å²) in [6.07, 6.45) is 7.81. The van der Waals surface area contributed by atoms with Crippen LogP contribution in [0.5, 0.6) is 0 Å². The highest BCUT2D eigenvalue weighted by Gasteiger charge is 2.38. The molecule has 5 heteroatoms. The fraction of sp³-hybridized carbons (Fsp3) is 0.571. The maximum atomic E-state index is 6.63. The number of fused-ring (bicyclic) bond motifs is 1. The van der Waals surface area contributed by atoms with E-state index in [-0.39, 0.29) is 5.54 Å². The quantitative estimate of drug-likeness (QED) is 0.891. The molecule has 5 nitrogen and oxygen atoms in total. The molecule has 2 aliphatic rings. The van der Waals surface area contributed by atoms with E-state index in [1.807, 2.05) is 18.5 Å². The Morgan fingerprint density at radius 1 is 1.32 bits per heavy atom. The fourth-order valence-corrected chi connectivity index (χ4v) is 2.96. The highest BCUT2D eigenvalue weighted by molar-refractivity contribution is 5.75. The first-order valence-electron chi connectivity index (χ1n) is 6.97. The van der Waals surface area contributed by atoms with Crippen molar-refractivity contribution in [2.24, 2.45) is 5.73 Å². The average Bonchev–Trinajstić information content (AvgIpc) is 3.19. The molecule has 100 valence electrons. The van der Waals surface area contributed by atoms with Gasteiger partial charge in [0.15, 0.2) is 0 Å². The molecule has 2 fully saturated rings. The smallest absolute Gasteiger partial charge is 0.130 e. The summed E-state index contributed by atoms with van der Waals surface area (Å²) in [7, 11) is 0. The second kappa shape index (κ2) is 4.02. The number of nitrogens with zero attached hydrogens (tertiary/aromatic N) is 3. The molecule has 0 bridgehead atoms. The first-order chi connectivity index (χ1) is 9.28. The molecule has 1 aliphatic carbocycles. The van der Waals surface area contributed by atoms with Gasteiger partial charge in [0.1, 0.15) is 11.3 Å². The highest BCUT2D eigenvalue weighted by atomic mass is 16.5. The topological polar surface area (TPSA) is 66.0 Å². The summed E-state index contributed by atoms with van der Waals surface area (Å²) in [4.78, 5) is 8.96. The van der Waals surface area contributed by atoms with Crippen molar-refractivity contribution in [1.82, 2.24) is 14.5 Å². The maximum Gasteiger partial charge on any atom is 0.130 e. The Hall–Kier alpha value is -1.46. The van der Waals surface area contributed by atoms with Crippen LogP contribution in [0.2, 0.25) is 0 Å². The van der Waals surface area contributed by atoms with Crippen molar-refractivity contribution in [2.75, 3.05) is 13.2 Å². The number of imidazole rings is 1. The molecule has 0 amide bonds. The molecule has 0 radical (unpaired) electrons. The first kappa shape index (κ1) is 11.4. The molecule has 2 aromatic heterocycles. The lowest BCUT2D eigenvalue weighted by molar-refractivity contribution is 0.0480. The molecule has 4 rings (SSSR count). The Balaban J connectivity index is 1.90. The Morgan fingerprint density at radius 2 is 2.11 bits per heavy atom. The Bertz CT molecular complexity index is 611. The van der Waals surface area contributed by atoms with Gasteiger partial charge in [-0.2, -0.15) is 0 Å². The normalized spacial score (nSPS) is 22.8. The van der Waals surface area contributed by atoms with Crippen LogP contribution in [0.3, 0.4) is 0 Å². The van der Waals surface area contributed by atoms with Crippen LogP contribution in [0, 0.1) is 0 Å². The van der Waals surface area contributed by atoms with Crippen LogP contribution in [-0.4, -0.2) is 27.7 Å². The van der Waals surface area contributed by atoms with Gasteiger partial charge >= 0.3 is 0 Å². The molecule has 1 aliphatic heterocycles. The largest absolute Gasteiger partial charge is 0.381 e. The van der Waals surface area contributed by atoms with E-state index >= 15 is 0 Å². The van der Waals surface area contributed by atoms with Crippen LogP contribution < -0.4 is 5.73 Å². The molecule has 0 unspecified atom stereocenters. The lowest BCUT2D eigenvalue weighted by Crippen LogP contribution is -2.44. The molecule has 19 heavy (non-hydrogen) atoms. The fourth-order valence-electron chi connectivity index (χ4n) is 2.96. The molecule has 0 aromatic carbocycles. The zero-order valence-corrected chi connectivity index (χ0v) is 10.9. The van der Waals surface area contributed by atoms with Crippen molar-refractivity contribution in [1.29, 1.82) is 0 Å². The predicted molar refractivity (Wildman–Crippen MR) is 71.7 cm³/mol. The molecule has 2 aromatic rings. The molecule has 1 saturated carbocycles. The molecule has 0 atom stereocenters. The van der Waals surface area contributed by atoms with E-state index in [4.69, 9.17) is 15.5 Å². The summed E-state index contributed by atoms with van der Waals surface area (Å²) in [5, 5.41) is 0. The van der Waals surface area contributed by atoms with Crippen LogP contribution in [0.25, 0.3) is 11.0 Å². The van der Waals surface area contributed by atoms with Gasteiger partial charge in [0.25, 0.3) is 0 Å². The third-order valence-corrected chi connectivity index (χ3v) is 4.23. The molecule has 3 heterocycles. The second-order valence-corrected chi connectivity index (χ2v) is 5.67. The number of hydrogen-bond donors (Lipinski definition) is 1. The van der Waals surface area contributed by atoms with E-state index in [9.17, 15) is 0 Å². The minimum atomic E-state index is -0.347. The lowest BCUT2D eigenvalue weighted by atomic mass is 9.90. The van der Waals surface area contributed by atoms with Crippen molar-refractivity contribution in [3.8, 4) is 0 Å². The standard InChI is InChI=1S/C14H18N4O/c15-14(4-7-19-8-5-14)13-17-11-9-16-6-3-12(11)18(13)10-1-2-10/h3,6,9-10H,1-2,4-5,7-8,15H2. The number of pyridine rings is 1. The van der Waals surface area contributed by atoms with E-state index < -0.39 is 0 Å². The van der Waals surface area contributed by atoms with Crippen LogP contribution in [0.15, 0.2) is 18.5 Å². The van der Waals surface area contributed by atoms with E-state index in [2.05, 4.69) is 9.55 Å². The number of rotatable bonds is 2. The van der Waals surface area contributed by atoms with Crippen LogP contribution in [-0.2, 0) is 10.3 Å². The van der Waals surface area contributed by atoms with Gasteiger partial charge in [-0.25, -0.2) is 4.98 Å². The Labute approximate surface area is 111 Å².